The van der Waals surface area contributed by atoms with Crippen molar-refractivity contribution >= 4 is 21.9 Å². The van der Waals surface area contributed by atoms with E-state index >= 15 is 0 Å². The summed E-state index contributed by atoms with van der Waals surface area (Å²) >= 11 is 3.40. The number of hydrogen-bond acceptors (Lipinski definition) is 4. The fraction of sp³-hybridized carbons (Fsp3) is 0.0400. The van der Waals surface area contributed by atoms with Gasteiger partial charge < -0.3 is 9.15 Å². The summed E-state index contributed by atoms with van der Waals surface area (Å²) in [5, 5.41) is 0. The number of hydrogen-bond donors (Lipinski definition) is 0. The average molecular weight is 461 g/mol. The summed E-state index contributed by atoms with van der Waals surface area (Å²) in [6, 6.07) is 25.7. The Morgan fingerprint density at radius 2 is 1.30 bits per heavy atom. The highest BCUT2D eigenvalue weighted by atomic mass is 79.9. The van der Waals surface area contributed by atoms with Crippen molar-refractivity contribution in [3.8, 4) is 33.6 Å². The Labute approximate surface area is 181 Å². The molecule has 4 rings (SSSR count). The summed E-state index contributed by atoms with van der Waals surface area (Å²) in [6.45, 7) is 0. The number of halogens is 1. The maximum Gasteiger partial charge on any atom is 0.344 e. The second-order valence-electron chi connectivity index (χ2n) is 6.57. The molecule has 148 valence electrons. The van der Waals surface area contributed by atoms with Crippen LogP contribution in [0.3, 0.4) is 0 Å². The van der Waals surface area contributed by atoms with Crippen LogP contribution < -0.4 is 5.63 Å². The van der Waals surface area contributed by atoms with Gasteiger partial charge in [-0.2, -0.15) is 0 Å². The van der Waals surface area contributed by atoms with Crippen molar-refractivity contribution in [3.63, 3.8) is 0 Å². The van der Waals surface area contributed by atoms with Crippen molar-refractivity contribution in [2.75, 3.05) is 7.11 Å². The number of ether oxygens (including phenoxy) is 1. The van der Waals surface area contributed by atoms with E-state index in [-0.39, 0.29) is 11.3 Å². The van der Waals surface area contributed by atoms with Crippen molar-refractivity contribution in [3.05, 3.63) is 105 Å². The third-order valence-corrected chi connectivity index (χ3v) is 5.28. The lowest BCUT2D eigenvalue weighted by molar-refractivity contribution is 0.0600. The molecule has 0 N–H and O–H groups in total. The predicted molar refractivity (Wildman–Crippen MR) is 120 cm³/mol. The molecule has 3 aromatic carbocycles. The molecule has 0 atom stereocenters. The van der Waals surface area contributed by atoms with Gasteiger partial charge in [-0.1, -0.05) is 88.7 Å². The monoisotopic (exact) mass is 460 g/mol. The lowest BCUT2D eigenvalue weighted by atomic mass is 9.90. The van der Waals surface area contributed by atoms with Crippen LogP contribution in [0, 0.1) is 0 Å². The maximum absolute atomic E-state index is 13.2. The molecule has 0 bridgehead atoms. The molecule has 0 radical (unpaired) electrons. The lowest BCUT2D eigenvalue weighted by Crippen LogP contribution is -2.14. The Morgan fingerprint density at radius 1 is 0.767 bits per heavy atom. The van der Waals surface area contributed by atoms with Crippen LogP contribution in [0.25, 0.3) is 33.6 Å². The number of carbonyl (C=O) groups excluding carboxylic acids is 1. The predicted octanol–water partition coefficient (Wildman–Crippen LogP) is 6.19. The Morgan fingerprint density at radius 3 is 1.83 bits per heavy atom. The highest BCUT2D eigenvalue weighted by molar-refractivity contribution is 9.10. The molecule has 0 aliphatic heterocycles. The van der Waals surface area contributed by atoms with Crippen molar-refractivity contribution in [2.24, 2.45) is 0 Å². The number of benzene rings is 3. The summed E-state index contributed by atoms with van der Waals surface area (Å²) in [5.41, 5.74) is 2.49. The fourth-order valence-electron chi connectivity index (χ4n) is 3.40. The Balaban J connectivity index is 2.15. The summed E-state index contributed by atoms with van der Waals surface area (Å²) in [4.78, 5) is 26.2. The first-order valence-corrected chi connectivity index (χ1v) is 10.1. The zero-order valence-electron chi connectivity index (χ0n) is 16.1. The lowest BCUT2D eigenvalue weighted by Gasteiger charge is -2.16. The molecular formula is C25H17BrO4. The van der Waals surface area contributed by atoms with Gasteiger partial charge in [-0.25, -0.2) is 9.59 Å². The van der Waals surface area contributed by atoms with Gasteiger partial charge in [0.2, 0.25) is 0 Å². The summed E-state index contributed by atoms with van der Waals surface area (Å²) < 4.78 is 11.7. The molecule has 5 heteroatoms. The molecule has 4 aromatic rings. The Hall–Kier alpha value is -3.44. The van der Waals surface area contributed by atoms with Crippen molar-refractivity contribution < 1.29 is 13.9 Å². The number of rotatable bonds is 4. The highest BCUT2D eigenvalue weighted by Gasteiger charge is 2.28. The van der Waals surface area contributed by atoms with Crippen LogP contribution in [0.2, 0.25) is 0 Å². The second kappa shape index (κ2) is 8.51. The van der Waals surface area contributed by atoms with E-state index < -0.39 is 11.6 Å². The quantitative estimate of drug-likeness (QED) is 0.340. The minimum atomic E-state index is -0.576. The van der Waals surface area contributed by atoms with E-state index in [2.05, 4.69) is 15.9 Å². The summed E-state index contributed by atoms with van der Waals surface area (Å²) in [7, 11) is 1.32. The van der Waals surface area contributed by atoms with E-state index in [0.29, 0.717) is 22.3 Å². The fourth-order valence-corrected chi connectivity index (χ4v) is 3.66. The van der Waals surface area contributed by atoms with Crippen LogP contribution in [0.4, 0.5) is 0 Å². The third kappa shape index (κ3) is 3.72. The molecule has 0 aliphatic rings. The van der Waals surface area contributed by atoms with Gasteiger partial charge in [0.1, 0.15) is 5.56 Å². The first-order chi connectivity index (χ1) is 14.6. The molecule has 0 unspecified atom stereocenters. The van der Waals surface area contributed by atoms with Crippen molar-refractivity contribution in [2.45, 2.75) is 0 Å². The van der Waals surface area contributed by atoms with Crippen LogP contribution in [0.15, 0.2) is 98.6 Å². The average Bonchev–Trinajstić information content (AvgIpc) is 2.79. The molecule has 1 aromatic heterocycles. The normalized spacial score (nSPS) is 10.6. The van der Waals surface area contributed by atoms with Gasteiger partial charge in [0.25, 0.3) is 0 Å². The van der Waals surface area contributed by atoms with Gasteiger partial charge in [0, 0.05) is 15.6 Å². The number of carbonyl (C=O) groups is 1. The number of esters is 1. The molecule has 0 spiro atoms. The topological polar surface area (TPSA) is 56.5 Å². The van der Waals surface area contributed by atoms with Crippen molar-refractivity contribution in [1.29, 1.82) is 0 Å². The van der Waals surface area contributed by atoms with E-state index in [1.54, 1.807) is 12.1 Å². The number of methoxy groups -OCH3 is 1. The minimum Gasteiger partial charge on any atom is -0.465 e. The van der Waals surface area contributed by atoms with Gasteiger partial charge >= 0.3 is 11.6 Å². The molecule has 0 aliphatic carbocycles. The summed E-state index contributed by atoms with van der Waals surface area (Å²) in [5.74, 6) is -0.398. The van der Waals surface area contributed by atoms with Crippen LogP contribution >= 0.6 is 15.9 Å². The van der Waals surface area contributed by atoms with Gasteiger partial charge in [-0.05, 0) is 23.3 Å². The van der Waals surface area contributed by atoms with Gasteiger partial charge in [0.15, 0.2) is 5.76 Å². The third-order valence-electron chi connectivity index (χ3n) is 4.75. The van der Waals surface area contributed by atoms with E-state index in [1.165, 1.54) is 7.11 Å². The Bertz CT molecular complexity index is 1240. The summed E-state index contributed by atoms with van der Waals surface area (Å²) in [6.07, 6.45) is 0. The minimum absolute atomic E-state index is 0.179. The standard InChI is InChI=1S/C25H17BrO4/c1-29-24(27)22-20(16-8-4-2-5-9-16)21(17-10-6-3-7-11-17)25(28)30-23(22)18-12-14-19(26)15-13-18/h2-15H,1H3. The Kier molecular flexibility index (Phi) is 5.63. The van der Waals surface area contributed by atoms with Crippen LogP contribution in [0.1, 0.15) is 10.4 Å². The van der Waals surface area contributed by atoms with E-state index in [1.807, 2.05) is 72.8 Å². The van der Waals surface area contributed by atoms with E-state index in [4.69, 9.17) is 9.15 Å². The van der Waals surface area contributed by atoms with E-state index in [0.717, 1.165) is 10.0 Å². The van der Waals surface area contributed by atoms with Crippen molar-refractivity contribution in [1.82, 2.24) is 0 Å². The first kappa shape index (κ1) is 19.9. The van der Waals surface area contributed by atoms with Crippen LogP contribution in [-0.2, 0) is 4.74 Å². The van der Waals surface area contributed by atoms with Gasteiger partial charge in [-0.3, -0.25) is 0 Å². The maximum atomic E-state index is 13.2. The molecular weight excluding hydrogens is 444 g/mol. The largest absolute Gasteiger partial charge is 0.465 e. The molecule has 4 nitrogen and oxygen atoms in total. The molecule has 0 amide bonds. The molecule has 0 saturated heterocycles. The smallest absolute Gasteiger partial charge is 0.344 e. The zero-order chi connectivity index (χ0) is 21.1. The van der Waals surface area contributed by atoms with Crippen LogP contribution in [0.5, 0.6) is 0 Å². The molecule has 1 heterocycles. The second-order valence-corrected chi connectivity index (χ2v) is 7.49. The van der Waals surface area contributed by atoms with Gasteiger partial charge in [-0.15, -0.1) is 0 Å². The zero-order valence-corrected chi connectivity index (χ0v) is 17.7. The molecule has 0 saturated carbocycles. The van der Waals surface area contributed by atoms with E-state index in [9.17, 15) is 9.59 Å². The molecule has 30 heavy (non-hydrogen) atoms. The SMILES string of the molecule is COC(=O)c1c(-c2ccc(Br)cc2)oc(=O)c(-c2ccccc2)c1-c1ccccc1. The van der Waals surface area contributed by atoms with Crippen LogP contribution in [-0.4, -0.2) is 13.1 Å². The highest BCUT2D eigenvalue weighted by Crippen LogP contribution is 2.38. The van der Waals surface area contributed by atoms with Gasteiger partial charge in [0.05, 0.1) is 12.7 Å². The first-order valence-electron chi connectivity index (χ1n) is 9.26. The molecule has 0 fully saturated rings.